The fourth-order valence-corrected chi connectivity index (χ4v) is 2.62. The number of likely N-dealkylation sites (tertiary alicyclic amines) is 1. The van der Waals surface area contributed by atoms with E-state index >= 15 is 0 Å². The largest absolute Gasteiger partial charge is 0.342 e. The lowest BCUT2D eigenvalue weighted by molar-refractivity contribution is -0.131. The van der Waals surface area contributed by atoms with Gasteiger partial charge in [0.25, 0.3) is 0 Å². The fourth-order valence-electron chi connectivity index (χ4n) is 2.62. The first-order valence-electron chi connectivity index (χ1n) is 7.14. The van der Waals surface area contributed by atoms with E-state index in [9.17, 15) is 4.79 Å². The first-order valence-corrected chi connectivity index (χ1v) is 7.14. The molecule has 0 spiro atoms. The highest BCUT2D eigenvalue weighted by Gasteiger charge is 2.21. The van der Waals surface area contributed by atoms with Gasteiger partial charge in [0.2, 0.25) is 5.91 Å². The summed E-state index contributed by atoms with van der Waals surface area (Å²) < 4.78 is 0. The van der Waals surface area contributed by atoms with Crippen molar-refractivity contribution >= 4 is 5.91 Å². The minimum absolute atomic E-state index is 0.249. The molecule has 1 aromatic carbocycles. The summed E-state index contributed by atoms with van der Waals surface area (Å²) in [4.78, 5) is 14.2. The minimum atomic E-state index is 0.249. The molecule has 1 aliphatic heterocycles. The van der Waals surface area contributed by atoms with Crippen LogP contribution in [-0.2, 0) is 11.2 Å². The van der Waals surface area contributed by atoms with Crippen LogP contribution in [0, 0.1) is 19.8 Å². The molecule has 0 unspecified atom stereocenters. The Balaban J connectivity index is 1.92. The highest BCUT2D eigenvalue weighted by atomic mass is 16.2. The number of rotatable bonds is 3. The number of nitrogens with two attached hydrogens (primary N) is 1. The molecule has 1 saturated heterocycles. The van der Waals surface area contributed by atoms with Crippen LogP contribution in [0.3, 0.4) is 0 Å². The van der Waals surface area contributed by atoms with E-state index in [1.807, 2.05) is 4.90 Å². The maximum absolute atomic E-state index is 12.3. The zero-order valence-electron chi connectivity index (χ0n) is 12.0. The molecule has 0 aliphatic carbocycles. The number of hydrogen-bond acceptors (Lipinski definition) is 2. The zero-order chi connectivity index (χ0) is 13.8. The van der Waals surface area contributed by atoms with Crippen LogP contribution < -0.4 is 5.73 Å². The van der Waals surface area contributed by atoms with Crippen molar-refractivity contribution in [1.29, 1.82) is 0 Å². The molecule has 19 heavy (non-hydrogen) atoms. The second kappa shape index (κ2) is 6.20. The summed E-state index contributed by atoms with van der Waals surface area (Å²) in [6, 6.07) is 6.28. The Kier molecular flexibility index (Phi) is 4.59. The second-order valence-electron chi connectivity index (χ2n) is 5.66. The van der Waals surface area contributed by atoms with Crippen molar-refractivity contribution in [2.75, 3.05) is 19.6 Å². The summed E-state index contributed by atoms with van der Waals surface area (Å²) in [5, 5.41) is 0. The third-order valence-electron chi connectivity index (χ3n) is 4.23. The maximum Gasteiger partial charge on any atom is 0.226 e. The van der Waals surface area contributed by atoms with Crippen LogP contribution in [-0.4, -0.2) is 30.4 Å². The summed E-state index contributed by atoms with van der Waals surface area (Å²) in [7, 11) is 0. The molecule has 1 aliphatic rings. The van der Waals surface area contributed by atoms with E-state index in [-0.39, 0.29) is 5.91 Å². The van der Waals surface area contributed by atoms with Crippen LogP contribution in [0.1, 0.15) is 29.5 Å². The molecule has 1 aromatic rings. The van der Waals surface area contributed by atoms with Gasteiger partial charge < -0.3 is 10.6 Å². The van der Waals surface area contributed by atoms with E-state index in [0.717, 1.165) is 38.0 Å². The van der Waals surface area contributed by atoms with E-state index in [4.69, 9.17) is 5.73 Å². The number of amides is 1. The molecule has 0 aromatic heterocycles. The smallest absolute Gasteiger partial charge is 0.226 e. The number of benzene rings is 1. The van der Waals surface area contributed by atoms with Gasteiger partial charge in [-0.1, -0.05) is 18.2 Å². The van der Waals surface area contributed by atoms with Gasteiger partial charge in [0, 0.05) is 13.1 Å². The summed E-state index contributed by atoms with van der Waals surface area (Å²) in [6.45, 7) is 6.67. The van der Waals surface area contributed by atoms with Gasteiger partial charge >= 0.3 is 0 Å². The lowest BCUT2D eigenvalue weighted by Gasteiger charge is -2.31. The molecule has 1 fully saturated rings. The minimum Gasteiger partial charge on any atom is -0.342 e. The number of nitrogens with zero attached hydrogens (tertiary/aromatic N) is 1. The number of aryl methyl sites for hydroxylation is 2. The molecule has 104 valence electrons. The van der Waals surface area contributed by atoms with Crippen molar-refractivity contribution in [1.82, 2.24) is 4.90 Å². The Hall–Kier alpha value is -1.35. The van der Waals surface area contributed by atoms with Crippen LogP contribution in [0.5, 0.6) is 0 Å². The predicted octanol–water partition coefficient (Wildman–Crippen LogP) is 2.04. The molecule has 0 radical (unpaired) electrons. The molecule has 3 nitrogen and oxygen atoms in total. The van der Waals surface area contributed by atoms with Gasteiger partial charge in [0.15, 0.2) is 0 Å². The lowest BCUT2D eigenvalue weighted by atomic mass is 9.96. The molecule has 2 rings (SSSR count). The predicted molar refractivity (Wildman–Crippen MR) is 78.0 cm³/mol. The maximum atomic E-state index is 12.3. The van der Waals surface area contributed by atoms with Crippen molar-refractivity contribution in [2.24, 2.45) is 11.7 Å². The number of carbonyl (C=O) groups is 1. The first-order chi connectivity index (χ1) is 9.10. The molecule has 3 heteroatoms. The topological polar surface area (TPSA) is 46.3 Å². The van der Waals surface area contributed by atoms with E-state index in [1.165, 1.54) is 11.1 Å². The number of hydrogen-bond donors (Lipinski definition) is 1. The van der Waals surface area contributed by atoms with Gasteiger partial charge in [0.1, 0.15) is 0 Å². The van der Waals surface area contributed by atoms with Crippen LogP contribution in [0.2, 0.25) is 0 Å². The molecule has 1 heterocycles. The van der Waals surface area contributed by atoms with Crippen molar-refractivity contribution in [3.63, 3.8) is 0 Å². The van der Waals surface area contributed by atoms with Crippen LogP contribution in [0.25, 0.3) is 0 Å². The van der Waals surface area contributed by atoms with E-state index in [1.54, 1.807) is 0 Å². The molecule has 0 bridgehead atoms. The second-order valence-corrected chi connectivity index (χ2v) is 5.66. The highest BCUT2D eigenvalue weighted by molar-refractivity contribution is 5.79. The van der Waals surface area contributed by atoms with Crippen molar-refractivity contribution in [2.45, 2.75) is 33.1 Å². The zero-order valence-corrected chi connectivity index (χ0v) is 12.0. The molecule has 1 amide bonds. The van der Waals surface area contributed by atoms with Gasteiger partial charge in [0.05, 0.1) is 6.42 Å². The van der Waals surface area contributed by atoms with Gasteiger partial charge in [-0.25, -0.2) is 0 Å². The van der Waals surface area contributed by atoms with Gasteiger partial charge in [-0.2, -0.15) is 0 Å². The summed E-state index contributed by atoms with van der Waals surface area (Å²) in [5.74, 6) is 0.851. The van der Waals surface area contributed by atoms with Crippen LogP contribution >= 0.6 is 0 Å². The molecule has 2 N–H and O–H groups in total. The molecule has 0 atom stereocenters. The van der Waals surface area contributed by atoms with Crippen molar-refractivity contribution in [3.05, 3.63) is 34.9 Å². The monoisotopic (exact) mass is 260 g/mol. The molecule has 0 saturated carbocycles. The lowest BCUT2D eigenvalue weighted by Crippen LogP contribution is -2.40. The Labute approximate surface area is 115 Å². The quantitative estimate of drug-likeness (QED) is 0.904. The SMILES string of the molecule is Cc1ccc(CC(=O)N2CCC(CN)CC2)cc1C. The van der Waals surface area contributed by atoms with Crippen molar-refractivity contribution < 1.29 is 4.79 Å². The summed E-state index contributed by atoms with van der Waals surface area (Å²) >= 11 is 0. The average molecular weight is 260 g/mol. The van der Waals surface area contributed by atoms with Crippen LogP contribution in [0.15, 0.2) is 18.2 Å². The van der Waals surface area contributed by atoms with E-state index in [2.05, 4.69) is 32.0 Å². The van der Waals surface area contributed by atoms with Gasteiger partial charge in [-0.15, -0.1) is 0 Å². The van der Waals surface area contributed by atoms with Crippen molar-refractivity contribution in [3.8, 4) is 0 Å². The first kappa shape index (κ1) is 14.1. The molecular weight excluding hydrogens is 236 g/mol. The van der Waals surface area contributed by atoms with Gasteiger partial charge in [-0.05, 0) is 55.8 Å². The van der Waals surface area contributed by atoms with Gasteiger partial charge in [-0.3, -0.25) is 4.79 Å². The standard InChI is InChI=1S/C16H24N2O/c1-12-3-4-15(9-13(12)2)10-16(19)18-7-5-14(11-17)6-8-18/h3-4,9,14H,5-8,10-11,17H2,1-2H3. The summed E-state index contributed by atoms with van der Waals surface area (Å²) in [6.07, 6.45) is 2.62. The number of piperidine rings is 1. The normalized spacial score (nSPS) is 16.7. The highest BCUT2D eigenvalue weighted by Crippen LogP contribution is 2.17. The third kappa shape index (κ3) is 3.57. The van der Waals surface area contributed by atoms with Crippen LogP contribution in [0.4, 0.5) is 0 Å². The van der Waals surface area contributed by atoms with E-state index < -0.39 is 0 Å². The Morgan fingerprint density at radius 3 is 2.53 bits per heavy atom. The Bertz CT molecular complexity index is 448. The summed E-state index contributed by atoms with van der Waals surface area (Å²) in [5.41, 5.74) is 9.33. The Morgan fingerprint density at radius 2 is 1.95 bits per heavy atom. The number of carbonyl (C=O) groups excluding carboxylic acids is 1. The Morgan fingerprint density at radius 1 is 1.26 bits per heavy atom. The fraction of sp³-hybridized carbons (Fsp3) is 0.562. The molecular formula is C16H24N2O. The average Bonchev–Trinajstić information content (AvgIpc) is 2.43. The van der Waals surface area contributed by atoms with E-state index in [0.29, 0.717) is 12.3 Å². The third-order valence-corrected chi connectivity index (χ3v) is 4.23.